The molecule has 98 valence electrons. The van der Waals surface area contributed by atoms with Gasteiger partial charge in [0, 0.05) is 0 Å². The number of rotatable bonds is 1. The Balaban J connectivity index is 2.05. The number of aromatic hydroxyl groups is 1. The van der Waals surface area contributed by atoms with Gasteiger partial charge in [-0.15, -0.1) is 0 Å². The van der Waals surface area contributed by atoms with Gasteiger partial charge in [-0.1, -0.05) is 32.9 Å². The molecule has 0 radical (unpaired) electrons. The minimum atomic E-state index is 0.352. The van der Waals surface area contributed by atoms with Crippen LogP contribution in [0.1, 0.15) is 57.1 Å². The molecule has 2 aliphatic carbocycles. The van der Waals surface area contributed by atoms with Crippen LogP contribution in [0.25, 0.3) is 0 Å². The fourth-order valence-electron chi connectivity index (χ4n) is 4.62. The van der Waals surface area contributed by atoms with Crippen molar-refractivity contribution in [1.29, 1.82) is 0 Å². The van der Waals surface area contributed by atoms with Gasteiger partial charge < -0.3 is 5.11 Å². The van der Waals surface area contributed by atoms with E-state index in [1.54, 1.807) is 0 Å². The second-order valence-corrected chi connectivity index (χ2v) is 7.23. The van der Waals surface area contributed by atoms with Crippen molar-refractivity contribution in [2.75, 3.05) is 0 Å². The summed E-state index contributed by atoms with van der Waals surface area (Å²) in [4.78, 5) is 0. The van der Waals surface area contributed by atoms with Gasteiger partial charge in [0.1, 0.15) is 5.75 Å². The predicted octanol–water partition coefficient (Wildman–Crippen LogP) is 4.63. The Morgan fingerprint density at radius 2 is 1.94 bits per heavy atom. The first-order valence-corrected chi connectivity index (χ1v) is 7.16. The minimum Gasteiger partial charge on any atom is -0.508 e. The van der Waals surface area contributed by atoms with Gasteiger partial charge >= 0.3 is 0 Å². The van der Waals surface area contributed by atoms with E-state index in [4.69, 9.17) is 0 Å². The van der Waals surface area contributed by atoms with E-state index in [9.17, 15) is 5.11 Å². The number of hydrogen-bond acceptors (Lipinski definition) is 1. The normalized spacial score (nSPS) is 37.1. The van der Waals surface area contributed by atoms with Crippen molar-refractivity contribution in [3.63, 3.8) is 0 Å². The van der Waals surface area contributed by atoms with Crippen LogP contribution in [-0.2, 0) is 0 Å². The molecule has 2 saturated carbocycles. The van der Waals surface area contributed by atoms with Gasteiger partial charge in [0.15, 0.2) is 0 Å². The zero-order valence-electron chi connectivity index (χ0n) is 12.0. The summed E-state index contributed by atoms with van der Waals surface area (Å²) in [6.45, 7) is 9.33. The van der Waals surface area contributed by atoms with Gasteiger partial charge in [-0.05, 0) is 66.0 Å². The third-order valence-electron chi connectivity index (χ3n) is 6.36. The molecule has 2 aliphatic rings. The van der Waals surface area contributed by atoms with Crippen LogP contribution >= 0.6 is 0 Å². The first-order valence-electron chi connectivity index (χ1n) is 7.16. The van der Waals surface area contributed by atoms with Crippen LogP contribution in [0.15, 0.2) is 18.2 Å². The van der Waals surface area contributed by atoms with Crippen LogP contribution in [-0.4, -0.2) is 5.11 Å². The SMILES string of the molecule is Cc1ccc([C@H]2C[C@@H]3CC[C@@]2(C)C3(C)C)c(O)c1. The molecule has 1 aromatic carbocycles. The Hall–Kier alpha value is -0.980. The molecule has 0 amide bonds. The van der Waals surface area contributed by atoms with E-state index in [1.807, 2.05) is 13.0 Å². The highest BCUT2D eigenvalue weighted by Gasteiger charge is 2.61. The summed E-state index contributed by atoms with van der Waals surface area (Å²) in [5.74, 6) is 1.87. The van der Waals surface area contributed by atoms with E-state index in [0.717, 1.165) is 11.5 Å². The summed E-state index contributed by atoms with van der Waals surface area (Å²) >= 11 is 0. The summed E-state index contributed by atoms with van der Waals surface area (Å²) in [6.07, 6.45) is 3.93. The third-order valence-corrected chi connectivity index (χ3v) is 6.36. The summed E-state index contributed by atoms with van der Waals surface area (Å²) in [5.41, 5.74) is 3.08. The monoisotopic (exact) mass is 244 g/mol. The average Bonchev–Trinajstić information content (AvgIpc) is 2.61. The van der Waals surface area contributed by atoms with Crippen LogP contribution in [0.2, 0.25) is 0 Å². The molecule has 0 saturated heterocycles. The van der Waals surface area contributed by atoms with Crippen molar-refractivity contribution in [1.82, 2.24) is 0 Å². The summed E-state index contributed by atoms with van der Waals surface area (Å²) in [5, 5.41) is 10.3. The zero-order chi connectivity index (χ0) is 13.1. The highest BCUT2D eigenvalue weighted by atomic mass is 16.3. The number of aryl methyl sites for hydroxylation is 1. The summed E-state index contributed by atoms with van der Waals surface area (Å²) in [6, 6.07) is 6.20. The molecular formula is C17H24O. The Bertz CT molecular complexity index is 488. The molecule has 2 fully saturated rings. The Morgan fingerprint density at radius 1 is 1.22 bits per heavy atom. The average molecular weight is 244 g/mol. The maximum Gasteiger partial charge on any atom is 0.119 e. The molecule has 1 N–H and O–H groups in total. The summed E-state index contributed by atoms with van der Waals surface area (Å²) in [7, 11) is 0. The molecule has 0 spiro atoms. The van der Waals surface area contributed by atoms with E-state index in [-0.39, 0.29) is 0 Å². The van der Waals surface area contributed by atoms with Crippen molar-refractivity contribution in [2.24, 2.45) is 16.7 Å². The van der Waals surface area contributed by atoms with Crippen LogP contribution in [0, 0.1) is 23.7 Å². The fraction of sp³-hybridized carbons (Fsp3) is 0.647. The first kappa shape index (κ1) is 12.1. The van der Waals surface area contributed by atoms with Gasteiger partial charge in [0.05, 0.1) is 0 Å². The van der Waals surface area contributed by atoms with Crippen LogP contribution in [0.4, 0.5) is 0 Å². The van der Waals surface area contributed by atoms with Crippen LogP contribution in [0.3, 0.4) is 0 Å². The number of phenols is 1. The van der Waals surface area contributed by atoms with Crippen molar-refractivity contribution < 1.29 is 5.11 Å². The van der Waals surface area contributed by atoms with Crippen molar-refractivity contribution >= 4 is 0 Å². The van der Waals surface area contributed by atoms with E-state index < -0.39 is 0 Å². The number of hydrogen-bond donors (Lipinski definition) is 1. The molecule has 18 heavy (non-hydrogen) atoms. The highest BCUT2D eigenvalue weighted by Crippen LogP contribution is 2.71. The van der Waals surface area contributed by atoms with E-state index in [2.05, 4.69) is 32.9 Å². The van der Waals surface area contributed by atoms with Gasteiger partial charge in [-0.3, -0.25) is 0 Å². The third kappa shape index (κ3) is 1.34. The molecule has 3 atom stereocenters. The van der Waals surface area contributed by atoms with Gasteiger partial charge in [-0.25, -0.2) is 0 Å². The largest absolute Gasteiger partial charge is 0.508 e. The second kappa shape index (κ2) is 3.53. The highest BCUT2D eigenvalue weighted by molar-refractivity contribution is 5.41. The van der Waals surface area contributed by atoms with Crippen LogP contribution in [0.5, 0.6) is 5.75 Å². The smallest absolute Gasteiger partial charge is 0.119 e. The van der Waals surface area contributed by atoms with Crippen molar-refractivity contribution in [3.8, 4) is 5.75 Å². The van der Waals surface area contributed by atoms with E-state index in [1.165, 1.54) is 24.8 Å². The van der Waals surface area contributed by atoms with E-state index in [0.29, 0.717) is 22.5 Å². The van der Waals surface area contributed by atoms with Gasteiger partial charge in [0.25, 0.3) is 0 Å². The topological polar surface area (TPSA) is 20.2 Å². The molecule has 1 nitrogen and oxygen atoms in total. The lowest BCUT2D eigenvalue weighted by Crippen LogP contribution is -2.31. The Kier molecular flexibility index (Phi) is 2.36. The first-order chi connectivity index (χ1) is 8.36. The molecule has 0 aliphatic heterocycles. The van der Waals surface area contributed by atoms with E-state index >= 15 is 0 Å². The predicted molar refractivity (Wildman–Crippen MR) is 74.8 cm³/mol. The lowest BCUT2D eigenvalue weighted by atomic mass is 9.65. The Labute approximate surface area is 110 Å². The van der Waals surface area contributed by atoms with Gasteiger partial charge in [0.2, 0.25) is 0 Å². The van der Waals surface area contributed by atoms with Crippen LogP contribution < -0.4 is 0 Å². The minimum absolute atomic E-state index is 0.352. The number of fused-ring (bicyclic) bond motifs is 2. The molecule has 0 heterocycles. The maximum atomic E-state index is 10.3. The maximum absolute atomic E-state index is 10.3. The molecule has 0 unspecified atom stereocenters. The molecular weight excluding hydrogens is 220 g/mol. The van der Waals surface area contributed by atoms with Crippen molar-refractivity contribution in [3.05, 3.63) is 29.3 Å². The molecule has 3 rings (SSSR count). The summed E-state index contributed by atoms with van der Waals surface area (Å²) < 4.78 is 0. The lowest BCUT2D eigenvalue weighted by molar-refractivity contribution is 0.133. The van der Waals surface area contributed by atoms with Gasteiger partial charge in [-0.2, -0.15) is 0 Å². The number of phenolic OH excluding ortho intramolecular Hbond substituents is 1. The Morgan fingerprint density at radius 3 is 2.44 bits per heavy atom. The standard InChI is InChI=1S/C17H24O/c1-11-5-6-13(15(18)9-11)14-10-12-7-8-17(14,4)16(12,2)3/h5-6,9,12,14,18H,7-8,10H2,1-4H3/t12-,14+,17+/m0/s1. The fourth-order valence-corrected chi connectivity index (χ4v) is 4.62. The van der Waals surface area contributed by atoms with Crippen molar-refractivity contribution in [2.45, 2.75) is 52.9 Å². The zero-order valence-corrected chi connectivity index (χ0v) is 12.0. The number of benzene rings is 1. The lowest BCUT2D eigenvalue weighted by Gasteiger charge is -2.39. The quantitative estimate of drug-likeness (QED) is 0.763. The molecule has 2 bridgehead atoms. The molecule has 1 heteroatoms. The molecule has 1 aromatic rings. The second-order valence-electron chi connectivity index (χ2n) is 7.23. The molecule has 0 aromatic heterocycles.